The number of hydrogen-bond acceptors (Lipinski definition) is 10. The second-order valence-corrected chi connectivity index (χ2v) is 13.4. The van der Waals surface area contributed by atoms with Crippen LogP contribution in [0.15, 0.2) is 76.0 Å². The molecule has 4 rings (SSSR count). The van der Waals surface area contributed by atoms with Crippen molar-refractivity contribution in [1.29, 1.82) is 0 Å². The van der Waals surface area contributed by atoms with Crippen molar-refractivity contribution in [1.82, 2.24) is 10.2 Å². The zero-order chi connectivity index (χ0) is 30.2. The molecule has 0 radical (unpaired) electrons. The zero-order valence-electron chi connectivity index (χ0n) is 22.1. The molecule has 16 heteroatoms. The molecule has 3 N–H and O–H groups in total. The van der Waals surface area contributed by atoms with E-state index >= 15 is 0 Å². The van der Waals surface area contributed by atoms with E-state index in [1.54, 1.807) is 12.1 Å². The van der Waals surface area contributed by atoms with Crippen LogP contribution in [0, 0.1) is 10.8 Å². The van der Waals surface area contributed by atoms with Gasteiger partial charge < -0.3 is 14.0 Å². The maximum Gasteiger partial charge on any atom is 0.267 e. The molecule has 12 nitrogen and oxygen atoms in total. The summed E-state index contributed by atoms with van der Waals surface area (Å²) < 4.78 is 77.8. The Labute approximate surface area is 245 Å². The predicted octanol–water partition coefficient (Wildman–Crippen LogP) is 0.268. The Kier molecular flexibility index (Phi) is 11.3. The Bertz CT molecular complexity index is 1640. The first-order chi connectivity index (χ1) is 19.4. The number of halogens is 1. The summed E-state index contributed by atoms with van der Waals surface area (Å²) in [6.07, 6.45) is 3.65. The molecule has 2 aromatic carbocycles. The molecule has 2 heterocycles. The van der Waals surface area contributed by atoms with Crippen molar-refractivity contribution in [3.8, 4) is 16.8 Å². The quantitative estimate of drug-likeness (QED) is 0.228. The lowest BCUT2D eigenvalue weighted by Gasteiger charge is -2.12. The Morgan fingerprint density at radius 3 is 1.85 bits per heavy atom. The van der Waals surface area contributed by atoms with Crippen LogP contribution >= 0.6 is 11.3 Å². The van der Waals surface area contributed by atoms with Gasteiger partial charge in [0, 0.05) is 37.1 Å². The molecule has 0 aliphatic carbocycles. The predicted molar refractivity (Wildman–Crippen MR) is 143 cm³/mol. The van der Waals surface area contributed by atoms with E-state index in [1.807, 2.05) is 18.2 Å². The van der Waals surface area contributed by atoms with Crippen molar-refractivity contribution in [3.63, 3.8) is 0 Å². The fourth-order valence-corrected chi connectivity index (χ4v) is 6.60. The molecule has 0 saturated carbocycles. The molecule has 2 aromatic heterocycles. The molecule has 41 heavy (non-hydrogen) atoms. The van der Waals surface area contributed by atoms with Crippen LogP contribution in [-0.2, 0) is 32.9 Å². The van der Waals surface area contributed by atoms with Gasteiger partial charge in [-0.2, -0.15) is 4.57 Å². The topological polar surface area (TPSA) is 205 Å². The minimum atomic E-state index is -4.07. The second kappa shape index (κ2) is 14.2. The summed E-state index contributed by atoms with van der Waals surface area (Å²) in [5.74, 6) is 0. The summed E-state index contributed by atoms with van der Waals surface area (Å²) in [5, 5.41) is 11.8. The number of nitrogens with one attached hydrogen (secondary N) is 1. The molecule has 0 atom stereocenters. The van der Waals surface area contributed by atoms with E-state index in [1.165, 1.54) is 12.1 Å². The highest BCUT2D eigenvalue weighted by molar-refractivity contribution is 7.93. The smallest absolute Gasteiger partial charge is 0.267 e. The van der Waals surface area contributed by atoms with Gasteiger partial charge in [-0.15, -0.1) is 10.2 Å². The van der Waals surface area contributed by atoms with Crippen molar-refractivity contribution < 1.29 is 46.2 Å². The zero-order valence-corrected chi connectivity index (χ0v) is 25.3. The number of anilines is 1. The SMILES string of the molecule is CCCc1cc(-c2ccccc2)cc(CCC)[n+]1-c1ccc(S(=O)(=O)Nc2nnc(S(N)(=O)=O)s2)cc1.[O-][Cl+2]([O-])[O-]. The Morgan fingerprint density at radius 2 is 1.39 bits per heavy atom. The lowest BCUT2D eigenvalue weighted by atomic mass is 10.0. The molecule has 0 aliphatic rings. The lowest BCUT2D eigenvalue weighted by molar-refractivity contribution is -1.73. The maximum absolute atomic E-state index is 12.9. The summed E-state index contributed by atoms with van der Waals surface area (Å²) in [4.78, 5) is 0.0131. The molecule has 0 bridgehead atoms. The summed E-state index contributed by atoms with van der Waals surface area (Å²) in [6, 6.07) is 21.2. The van der Waals surface area contributed by atoms with Crippen LogP contribution in [0.5, 0.6) is 0 Å². The molecular formula is C25H28ClN5O7S3. The number of pyridine rings is 1. The largest absolute Gasteiger partial charge is 0.357 e. The van der Waals surface area contributed by atoms with Crippen LogP contribution < -0.4 is 28.4 Å². The van der Waals surface area contributed by atoms with Crippen LogP contribution in [0.1, 0.15) is 38.1 Å². The lowest BCUT2D eigenvalue weighted by Crippen LogP contribution is -2.42. The number of benzene rings is 2. The molecule has 0 aliphatic heterocycles. The maximum atomic E-state index is 12.9. The standard InChI is InChI=1S/C25H28N5O4S3.ClO3/c1-3-8-21-16-19(18-10-6-5-7-11-18)17-22(9-4-2)30(21)20-12-14-23(15-13-20)37(33,34)29-24-27-28-25(35-24)36(26,31)32;2-1(3)4/h5-7,10-17H,3-4,8-9H2,1-2H3,(H,27,29)(H2,26,31,32);/q+1;-1. The number of hydrogen-bond donors (Lipinski definition) is 2. The highest BCUT2D eigenvalue weighted by atomic mass is 35.6. The van der Waals surface area contributed by atoms with E-state index < -0.39 is 35.2 Å². The third-order valence-corrected chi connectivity index (χ3v) is 9.25. The van der Waals surface area contributed by atoms with Gasteiger partial charge in [0.25, 0.3) is 20.0 Å². The fourth-order valence-electron chi connectivity index (χ4n) is 4.04. The molecule has 0 amide bonds. The summed E-state index contributed by atoms with van der Waals surface area (Å²) in [5.41, 5.74) is 5.45. The van der Waals surface area contributed by atoms with Gasteiger partial charge in [0.05, 0.1) is 15.7 Å². The van der Waals surface area contributed by atoms with Gasteiger partial charge >= 0.3 is 0 Å². The molecule has 0 saturated heterocycles. The molecule has 0 fully saturated rings. The van der Waals surface area contributed by atoms with E-state index in [9.17, 15) is 16.8 Å². The summed E-state index contributed by atoms with van der Waals surface area (Å²) >= 11 is 0.546. The van der Waals surface area contributed by atoms with Gasteiger partial charge in [0.2, 0.25) is 15.2 Å². The van der Waals surface area contributed by atoms with Crippen molar-refractivity contribution >= 4 is 36.5 Å². The van der Waals surface area contributed by atoms with E-state index in [4.69, 9.17) is 19.1 Å². The average Bonchev–Trinajstić information content (AvgIpc) is 3.38. The van der Waals surface area contributed by atoms with E-state index in [-0.39, 0.29) is 10.0 Å². The Morgan fingerprint density at radius 1 is 0.854 bits per heavy atom. The minimum Gasteiger partial charge on any atom is -0.357 e. The van der Waals surface area contributed by atoms with Crippen molar-refractivity contribution in [2.24, 2.45) is 5.14 Å². The van der Waals surface area contributed by atoms with Crippen LogP contribution in [0.3, 0.4) is 0 Å². The Balaban J connectivity index is 0.00000108. The molecular weight excluding hydrogens is 614 g/mol. The second-order valence-electron chi connectivity index (χ2n) is 8.63. The number of sulfonamides is 2. The number of nitrogens with two attached hydrogens (primary N) is 1. The van der Waals surface area contributed by atoms with Gasteiger partial charge in [-0.3, -0.25) is 4.72 Å². The van der Waals surface area contributed by atoms with Gasteiger partial charge in [0.1, 0.15) is 0 Å². The summed E-state index contributed by atoms with van der Waals surface area (Å²) in [7, 11) is -10.9. The first kappa shape index (κ1) is 32.5. The highest BCUT2D eigenvalue weighted by Crippen LogP contribution is 2.24. The number of primary sulfonamides is 1. The minimum absolute atomic E-state index is 0.0131. The summed E-state index contributed by atoms with van der Waals surface area (Å²) in [6.45, 7) is 4.27. The third-order valence-electron chi connectivity index (χ3n) is 5.61. The first-order valence-electron chi connectivity index (χ1n) is 12.2. The van der Waals surface area contributed by atoms with Crippen LogP contribution in [-0.4, -0.2) is 27.0 Å². The van der Waals surface area contributed by atoms with Crippen molar-refractivity contribution in [2.45, 2.75) is 48.8 Å². The van der Waals surface area contributed by atoms with Crippen LogP contribution in [0.2, 0.25) is 0 Å². The van der Waals surface area contributed by atoms with Crippen molar-refractivity contribution in [3.05, 3.63) is 78.1 Å². The van der Waals surface area contributed by atoms with Gasteiger partial charge in [-0.1, -0.05) is 55.5 Å². The van der Waals surface area contributed by atoms with Gasteiger partial charge in [-0.05, 0) is 36.1 Å². The Hall–Kier alpha value is -3.02. The fraction of sp³-hybridized carbons (Fsp3) is 0.240. The highest BCUT2D eigenvalue weighted by Gasteiger charge is 2.24. The number of nitrogens with zero attached hydrogens (tertiary/aromatic N) is 3. The molecule has 0 unspecified atom stereocenters. The van der Waals surface area contributed by atoms with E-state index in [0.717, 1.165) is 53.9 Å². The average molecular weight is 642 g/mol. The molecule has 0 spiro atoms. The van der Waals surface area contributed by atoms with E-state index in [0.29, 0.717) is 11.3 Å². The van der Waals surface area contributed by atoms with Crippen LogP contribution in [0.25, 0.3) is 16.8 Å². The number of aryl methyl sites for hydroxylation is 2. The van der Waals surface area contributed by atoms with Crippen molar-refractivity contribution in [2.75, 3.05) is 4.72 Å². The number of aromatic nitrogens is 3. The normalized spacial score (nSPS) is 11.7. The number of rotatable bonds is 10. The molecule has 220 valence electrons. The molecule has 4 aromatic rings. The van der Waals surface area contributed by atoms with Crippen LogP contribution in [0.4, 0.5) is 5.13 Å². The van der Waals surface area contributed by atoms with E-state index in [2.05, 4.69) is 57.6 Å². The first-order valence-corrected chi connectivity index (χ1v) is 17.0. The monoisotopic (exact) mass is 641 g/mol. The third kappa shape index (κ3) is 8.98. The van der Waals surface area contributed by atoms with Gasteiger partial charge in [-0.25, -0.2) is 22.0 Å². The van der Waals surface area contributed by atoms with Gasteiger partial charge in [0.15, 0.2) is 11.4 Å².